The lowest BCUT2D eigenvalue weighted by Gasteiger charge is -2.05. The summed E-state index contributed by atoms with van der Waals surface area (Å²) in [6, 6.07) is 13.5. The maximum atomic E-state index is 5.78. The van der Waals surface area contributed by atoms with Crippen molar-refractivity contribution in [2.45, 2.75) is 13.0 Å². The van der Waals surface area contributed by atoms with E-state index in [0.29, 0.717) is 25.7 Å². The molecule has 2 aromatic rings. The smallest absolute Gasteiger partial charge is 0.193 e. The van der Waals surface area contributed by atoms with Crippen molar-refractivity contribution in [2.24, 2.45) is 10.7 Å². The summed E-state index contributed by atoms with van der Waals surface area (Å²) >= 11 is 0. The third kappa shape index (κ3) is 5.16. The third-order valence-corrected chi connectivity index (χ3v) is 2.60. The van der Waals surface area contributed by atoms with Crippen molar-refractivity contribution < 1.29 is 9.15 Å². The molecule has 0 saturated carbocycles. The van der Waals surface area contributed by atoms with Crippen LogP contribution in [0.5, 0.6) is 0 Å². The second kappa shape index (κ2) is 8.01. The molecule has 0 atom stereocenters. The number of anilines is 1. The number of para-hydroxylation sites is 1. The molecule has 1 heterocycles. The van der Waals surface area contributed by atoms with Crippen LogP contribution in [0.2, 0.25) is 0 Å². The van der Waals surface area contributed by atoms with E-state index in [4.69, 9.17) is 14.9 Å². The number of nitrogens with one attached hydrogen (secondary N) is 1. The molecule has 0 aliphatic carbocycles. The van der Waals surface area contributed by atoms with Crippen LogP contribution >= 0.6 is 0 Å². The molecule has 0 amide bonds. The fourth-order valence-electron chi connectivity index (χ4n) is 1.64. The number of benzene rings is 1. The van der Waals surface area contributed by atoms with Crippen LogP contribution in [-0.4, -0.2) is 19.1 Å². The van der Waals surface area contributed by atoms with Crippen molar-refractivity contribution in [3.05, 3.63) is 54.5 Å². The van der Waals surface area contributed by atoms with Gasteiger partial charge in [-0.3, -0.25) is 4.99 Å². The number of hydrogen-bond donors (Lipinski definition) is 2. The number of furan rings is 1. The Morgan fingerprint density at radius 1 is 1.20 bits per heavy atom. The third-order valence-electron chi connectivity index (χ3n) is 2.60. The molecule has 5 nitrogen and oxygen atoms in total. The Hall–Kier alpha value is -2.27. The van der Waals surface area contributed by atoms with Crippen LogP contribution in [0.15, 0.2) is 58.1 Å². The van der Waals surface area contributed by atoms with E-state index in [1.165, 1.54) is 0 Å². The molecule has 0 saturated heterocycles. The number of rotatable bonds is 7. The zero-order chi connectivity index (χ0) is 14.0. The predicted molar refractivity (Wildman–Crippen MR) is 79.5 cm³/mol. The molecule has 1 aromatic heterocycles. The number of aliphatic imine (C=N–C) groups is 1. The molecule has 0 radical (unpaired) electrons. The first-order valence-electron chi connectivity index (χ1n) is 6.57. The SMILES string of the molecule is NC(=NCCCOCc1ccco1)Nc1ccccc1. The summed E-state index contributed by atoms with van der Waals surface area (Å²) in [5.41, 5.74) is 6.71. The van der Waals surface area contributed by atoms with Crippen molar-refractivity contribution in [1.29, 1.82) is 0 Å². The molecule has 0 bridgehead atoms. The van der Waals surface area contributed by atoms with Crippen molar-refractivity contribution in [2.75, 3.05) is 18.5 Å². The highest BCUT2D eigenvalue weighted by Gasteiger charge is 1.96. The van der Waals surface area contributed by atoms with Crippen LogP contribution in [0.1, 0.15) is 12.2 Å². The molecule has 106 valence electrons. The summed E-state index contributed by atoms with van der Waals surface area (Å²) in [5, 5.41) is 3.03. The predicted octanol–water partition coefficient (Wildman–Crippen LogP) is 2.61. The first-order chi connectivity index (χ1) is 9.84. The van der Waals surface area contributed by atoms with E-state index >= 15 is 0 Å². The average Bonchev–Trinajstić information content (AvgIpc) is 2.97. The van der Waals surface area contributed by atoms with Crippen LogP contribution in [0, 0.1) is 0 Å². The second-order valence-electron chi connectivity index (χ2n) is 4.24. The van der Waals surface area contributed by atoms with Crippen LogP contribution in [0.25, 0.3) is 0 Å². The van der Waals surface area contributed by atoms with Crippen LogP contribution in [-0.2, 0) is 11.3 Å². The highest BCUT2D eigenvalue weighted by molar-refractivity contribution is 5.92. The van der Waals surface area contributed by atoms with Crippen LogP contribution in [0.4, 0.5) is 5.69 Å². The molecular formula is C15H19N3O2. The van der Waals surface area contributed by atoms with Gasteiger partial charge < -0.3 is 20.2 Å². The van der Waals surface area contributed by atoms with Crippen LogP contribution < -0.4 is 11.1 Å². The Morgan fingerprint density at radius 3 is 2.80 bits per heavy atom. The fraction of sp³-hybridized carbons (Fsp3) is 0.267. The van der Waals surface area contributed by atoms with Gasteiger partial charge in [0.25, 0.3) is 0 Å². The largest absolute Gasteiger partial charge is 0.467 e. The molecule has 20 heavy (non-hydrogen) atoms. The molecular weight excluding hydrogens is 254 g/mol. The average molecular weight is 273 g/mol. The van der Waals surface area contributed by atoms with Crippen LogP contribution in [0.3, 0.4) is 0 Å². The van der Waals surface area contributed by atoms with Gasteiger partial charge in [0.05, 0.1) is 6.26 Å². The number of nitrogens with zero attached hydrogens (tertiary/aromatic N) is 1. The van der Waals surface area contributed by atoms with Crippen molar-refractivity contribution in [3.63, 3.8) is 0 Å². The van der Waals surface area contributed by atoms with E-state index in [2.05, 4.69) is 10.3 Å². The Bertz CT molecular complexity index is 509. The summed E-state index contributed by atoms with van der Waals surface area (Å²) in [7, 11) is 0. The van der Waals surface area contributed by atoms with Gasteiger partial charge in [-0.2, -0.15) is 0 Å². The Balaban J connectivity index is 1.58. The topological polar surface area (TPSA) is 72.8 Å². The molecule has 3 N–H and O–H groups in total. The maximum Gasteiger partial charge on any atom is 0.193 e. The summed E-state index contributed by atoms with van der Waals surface area (Å²) in [5.74, 6) is 1.25. The minimum Gasteiger partial charge on any atom is -0.467 e. The molecule has 2 rings (SSSR count). The van der Waals surface area contributed by atoms with Gasteiger partial charge in [0.1, 0.15) is 12.4 Å². The van der Waals surface area contributed by atoms with E-state index in [1.54, 1.807) is 6.26 Å². The van der Waals surface area contributed by atoms with Gasteiger partial charge in [0.2, 0.25) is 0 Å². The number of hydrogen-bond acceptors (Lipinski definition) is 3. The summed E-state index contributed by atoms with van der Waals surface area (Å²) in [6.07, 6.45) is 2.46. The molecule has 5 heteroatoms. The zero-order valence-electron chi connectivity index (χ0n) is 11.3. The van der Waals surface area contributed by atoms with Gasteiger partial charge in [-0.25, -0.2) is 0 Å². The molecule has 1 aromatic carbocycles. The van der Waals surface area contributed by atoms with Gasteiger partial charge in [-0.15, -0.1) is 0 Å². The highest BCUT2D eigenvalue weighted by atomic mass is 16.5. The fourth-order valence-corrected chi connectivity index (χ4v) is 1.64. The molecule has 0 aliphatic heterocycles. The second-order valence-corrected chi connectivity index (χ2v) is 4.24. The minimum atomic E-state index is 0.419. The van der Waals surface area contributed by atoms with E-state index in [0.717, 1.165) is 17.9 Å². The normalized spacial score (nSPS) is 11.5. The first kappa shape index (κ1) is 14.1. The Morgan fingerprint density at radius 2 is 2.05 bits per heavy atom. The van der Waals surface area contributed by atoms with Gasteiger partial charge in [0.15, 0.2) is 5.96 Å². The quantitative estimate of drug-likeness (QED) is 0.462. The first-order valence-corrected chi connectivity index (χ1v) is 6.57. The van der Waals surface area contributed by atoms with Crippen molar-refractivity contribution in [3.8, 4) is 0 Å². The number of nitrogens with two attached hydrogens (primary N) is 1. The number of guanidine groups is 1. The van der Waals surface area contributed by atoms with Crippen molar-refractivity contribution in [1.82, 2.24) is 0 Å². The molecule has 0 aliphatic rings. The zero-order valence-corrected chi connectivity index (χ0v) is 11.3. The van der Waals surface area contributed by atoms with E-state index in [-0.39, 0.29) is 0 Å². The Kier molecular flexibility index (Phi) is 5.67. The maximum absolute atomic E-state index is 5.78. The van der Waals surface area contributed by atoms with E-state index in [1.807, 2.05) is 42.5 Å². The van der Waals surface area contributed by atoms with Gasteiger partial charge in [-0.1, -0.05) is 18.2 Å². The van der Waals surface area contributed by atoms with E-state index in [9.17, 15) is 0 Å². The molecule has 0 fully saturated rings. The van der Waals surface area contributed by atoms with Gasteiger partial charge >= 0.3 is 0 Å². The monoisotopic (exact) mass is 273 g/mol. The highest BCUT2D eigenvalue weighted by Crippen LogP contribution is 2.04. The van der Waals surface area contributed by atoms with E-state index < -0.39 is 0 Å². The van der Waals surface area contributed by atoms with Gasteiger partial charge in [0, 0.05) is 18.8 Å². The Labute approximate surface area is 118 Å². The number of ether oxygens (including phenoxy) is 1. The lowest BCUT2D eigenvalue weighted by Crippen LogP contribution is -2.22. The van der Waals surface area contributed by atoms with Gasteiger partial charge in [-0.05, 0) is 30.7 Å². The summed E-state index contributed by atoms with van der Waals surface area (Å²) < 4.78 is 10.6. The lowest BCUT2D eigenvalue weighted by molar-refractivity contribution is 0.105. The molecule has 0 spiro atoms. The summed E-state index contributed by atoms with van der Waals surface area (Å²) in [6.45, 7) is 1.75. The lowest BCUT2D eigenvalue weighted by atomic mass is 10.3. The molecule has 0 unspecified atom stereocenters. The van der Waals surface area contributed by atoms with Crippen molar-refractivity contribution >= 4 is 11.6 Å². The standard InChI is InChI=1S/C15H19N3O2/c16-15(18-13-6-2-1-3-7-13)17-9-5-10-19-12-14-8-4-11-20-14/h1-4,6-8,11H,5,9-10,12H2,(H3,16,17,18). The minimum absolute atomic E-state index is 0.419. The summed E-state index contributed by atoms with van der Waals surface area (Å²) in [4.78, 5) is 4.23.